The second-order valence-electron chi connectivity index (χ2n) is 5.29. The molecule has 3 N–H and O–H groups in total. The van der Waals surface area contributed by atoms with E-state index in [0.29, 0.717) is 4.57 Å². The van der Waals surface area contributed by atoms with E-state index in [-0.39, 0.29) is 5.69 Å². The van der Waals surface area contributed by atoms with Gasteiger partial charge in [-0.25, -0.2) is 4.79 Å². The Morgan fingerprint density at radius 2 is 2.05 bits per heavy atom. The molecule has 0 aromatic carbocycles. The maximum atomic E-state index is 12.0. The summed E-state index contributed by atoms with van der Waals surface area (Å²) in [6.45, 7) is 3.20. The second kappa shape index (κ2) is 5.84. The number of nitrogens with zero attached hydrogens (tertiary/aromatic N) is 2. The number of aromatic amines is 1. The molecule has 1 fully saturated rings. The minimum absolute atomic E-state index is 0.345. The Balaban J connectivity index is 2.48. The summed E-state index contributed by atoms with van der Waals surface area (Å²) in [6.07, 6.45) is -5.89. The maximum absolute atomic E-state index is 12.0. The van der Waals surface area contributed by atoms with Gasteiger partial charge in [-0.15, -0.1) is 0 Å². The minimum atomic E-state index is -1.59. The smallest absolute Gasteiger partial charge is 0.331 e. The van der Waals surface area contributed by atoms with Gasteiger partial charge in [-0.3, -0.25) is 19.1 Å². The number of ketones is 1. The first kappa shape index (κ1) is 16.1. The monoisotopic (exact) mass is 309 g/mol. The quantitative estimate of drug-likeness (QED) is 0.600. The highest BCUT2D eigenvalue weighted by Gasteiger charge is 2.48. The number of ether oxygens (including phenoxy) is 1. The standard InChI is InChI=1S/C13H15N3O6/c1-5(2)8(18)11-9(19)10(20)12(22-11)16-6(4-14)3-7(17)15-13(16)21/h3,5,9-12,19-20H,1-2H3,(H,15,17,21)/t9-,10+,11+,12+/m0/s1. The Bertz CT molecular complexity index is 743. The van der Waals surface area contributed by atoms with Crippen LogP contribution in [0.2, 0.25) is 0 Å². The van der Waals surface area contributed by atoms with E-state index in [9.17, 15) is 24.6 Å². The van der Waals surface area contributed by atoms with E-state index in [1.807, 2.05) is 4.98 Å². The van der Waals surface area contributed by atoms with Gasteiger partial charge in [0, 0.05) is 12.0 Å². The number of aliphatic hydroxyl groups excluding tert-OH is 2. The van der Waals surface area contributed by atoms with Crippen molar-refractivity contribution in [2.75, 3.05) is 0 Å². The van der Waals surface area contributed by atoms with E-state index in [4.69, 9.17) is 10.00 Å². The van der Waals surface area contributed by atoms with Crippen molar-refractivity contribution in [1.29, 1.82) is 5.26 Å². The molecular formula is C13H15N3O6. The first-order chi connectivity index (χ1) is 10.3. The summed E-state index contributed by atoms with van der Waals surface area (Å²) in [7, 11) is 0. The average Bonchev–Trinajstić information content (AvgIpc) is 2.73. The van der Waals surface area contributed by atoms with Crippen LogP contribution in [0.4, 0.5) is 0 Å². The van der Waals surface area contributed by atoms with Crippen molar-refractivity contribution in [3.05, 3.63) is 32.6 Å². The van der Waals surface area contributed by atoms with E-state index in [1.54, 1.807) is 19.9 Å². The molecule has 0 spiro atoms. The zero-order chi connectivity index (χ0) is 16.6. The number of nitriles is 1. The summed E-state index contributed by atoms with van der Waals surface area (Å²) in [4.78, 5) is 37.0. The molecule has 118 valence electrons. The van der Waals surface area contributed by atoms with Crippen molar-refractivity contribution in [1.82, 2.24) is 9.55 Å². The number of aliphatic hydroxyl groups is 2. The van der Waals surface area contributed by atoms with Crippen LogP contribution in [-0.4, -0.2) is 43.9 Å². The highest BCUT2D eigenvalue weighted by Crippen LogP contribution is 2.30. The first-order valence-corrected chi connectivity index (χ1v) is 6.59. The second-order valence-corrected chi connectivity index (χ2v) is 5.29. The lowest BCUT2D eigenvalue weighted by molar-refractivity contribution is -0.138. The highest BCUT2D eigenvalue weighted by atomic mass is 16.6. The molecule has 1 aromatic heterocycles. The summed E-state index contributed by atoms with van der Waals surface area (Å²) in [5.74, 6) is -0.890. The number of H-pyrrole nitrogens is 1. The molecule has 4 atom stereocenters. The summed E-state index contributed by atoms with van der Waals surface area (Å²) >= 11 is 0. The van der Waals surface area contributed by atoms with Gasteiger partial charge in [0.15, 0.2) is 12.0 Å². The Hall–Kier alpha value is -2.28. The van der Waals surface area contributed by atoms with Crippen LogP contribution in [0.15, 0.2) is 15.7 Å². The van der Waals surface area contributed by atoms with Gasteiger partial charge in [-0.1, -0.05) is 13.8 Å². The van der Waals surface area contributed by atoms with Gasteiger partial charge in [-0.05, 0) is 0 Å². The summed E-state index contributed by atoms with van der Waals surface area (Å²) in [5, 5.41) is 29.0. The Morgan fingerprint density at radius 3 is 2.59 bits per heavy atom. The molecule has 0 aliphatic carbocycles. The van der Waals surface area contributed by atoms with Gasteiger partial charge in [-0.2, -0.15) is 5.26 Å². The Kier molecular flexibility index (Phi) is 4.27. The number of rotatable bonds is 3. The normalized spacial score (nSPS) is 27.8. The van der Waals surface area contributed by atoms with Crippen molar-refractivity contribution in [3.8, 4) is 6.07 Å². The molecule has 9 heteroatoms. The predicted molar refractivity (Wildman–Crippen MR) is 71.8 cm³/mol. The molecule has 0 saturated carbocycles. The molecule has 0 radical (unpaired) electrons. The lowest BCUT2D eigenvalue weighted by Gasteiger charge is -2.18. The van der Waals surface area contributed by atoms with Crippen LogP contribution in [-0.2, 0) is 9.53 Å². The van der Waals surface area contributed by atoms with Gasteiger partial charge in [0.25, 0.3) is 5.56 Å². The molecule has 1 saturated heterocycles. The molecular weight excluding hydrogens is 294 g/mol. The van der Waals surface area contributed by atoms with Crippen LogP contribution >= 0.6 is 0 Å². The van der Waals surface area contributed by atoms with Crippen molar-refractivity contribution >= 4 is 5.78 Å². The predicted octanol–water partition coefficient (Wildman–Crippen LogP) is -1.75. The van der Waals surface area contributed by atoms with Crippen LogP contribution in [0, 0.1) is 17.2 Å². The van der Waals surface area contributed by atoms with Crippen LogP contribution in [0.25, 0.3) is 0 Å². The first-order valence-electron chi connectivity index (χ1n) is 6.59. The third kappa shape index (κ3) is 2.59. The molecule has 9 nitrogen and oxygen atoms in total. The molecule has 2 heterocycles. The van der Waals surface area contributed by atoms with Gasteiger partial charge in [0.2, 0.25) is 0 Å². The van der Waals surface area contributed by atoms with E-state index >= 15 is 0 Å². The molecule has 22 heavy (non-hydrogen) atoms. The van der Waals surface area contributed by atoms with Gasteiger partial charge in [0.05, 0.1) is 0 Å². The van der Waals surface area contributed by atoms with E-state index in [1.165, 1.54) is 0 Å². The number of aromatic nitrogens is 2. The van der Waals surface area contributed by atoms with Gasteiger partial charge < -0.3 is 14.9 Å². The maximum Gasteiger partial charge on any atom is 0.331 e. The minimum Gasteiger partial charge on any atom is -0.387 e. The van der Waals surface area contributed by atoms with Crippen molar-refractivity contribution in [3.63, 3.8) is 0 Å². The van der Waals surface area contributed by atoms with Crippen LogP contribution in [0.5, 0.6) is 0 Å². The summed E-state index contributed by atoms with van der Waals surface area (Å²) in [6, 6.07) is 2.50. The largest absolute Gasteiger partial charge is 0.387 e. The molecule has 1 aliphatic heterocycles. The zero-order valence-corrected chi connectivity index (χ0v) is 11.9. The Labute approximate surface area is 124 Å². The number of hydrogen-bond acceptors (Lipinski definition) is 7. The third-order valence-electron chi connectivity index (χ3n) is 3.43. The third-order valence-corrected chi connectivity index (χ3v) is 3.43. The van der Waals surface area contributed by atoms with Gasteiger partial charge >= 0.3 is 5.69 Å². The van der Waals surface area contributed by atoms with Crippen LogP contribution in [0.1, 0.15) is 25.8 Å². The summed E-state index contributed by atoms with van der Waals surface area (Å²) in [5.41, 5.74) is -2.10. The molecule has 1 aromatic rings. The van der Waals surface area contributed by atoms with Crippen LogP contribution in [0.3, 0.4) is 0 Å². The molecule has 1 aliphatic rings. The molecule has 0 unspecified atom stereocenters. The fourth-order valence-corrected chi connectivity index (χ4v) is 2.28. The number of hydrogen-bond donors (Lipinski definition) is 3. The number of Topliss-reactive ketones (excluding diaryl/α,β-unsaturated/α-hetero) is 1. The van der Waals surface area contributed by atoms with Gasteiger partial charge in [0.1, 0.15) is 30.1 Å². The molecule has 0 amide bonds. The average molecular weight is 309 g/mol. The van der Waals surface area contributed by atoms with E-state index in [2.05, 4.69) is 0 Å². The Morgan fingerprint density at radius 1 is 1.41 bits per heavy atom. The fourth-order valence-electron chi connectivity index (χ4n) is 2.28. The molecule has 2 rings (SSSR count). The van der Waals surface area contributed by atoms with Crippen molar-refractivity contribution < 1.29 is 19.7 Å². The SMILES string of the molecule is CC(C)C(=O)[C@H]1O[C@@H](n2c(C#N)cc(=O)[nH]c2=O)[C@H](O)[C@@H]1O. The number of carbonyl (C=O) groups excluding carboxylic acids is 1. The fraction of sp³-hybridized carbons (Fsp3) is 0.538. The molecule has 0 bridgehead atoms. The summed E-state index contributed by atoms with van der Waals surface area (Å²) < 4.78 is 6.01. The zero-order valence-electron chi connectivity index (χ0n) is 11.9. The van der Waals surface area contributed by atoms with Crippen molar-refractivity contribution in [2.24, 2.45) is 5.92 Å². The van der Waals surface area contributed by atoms with E-state index < -0.39 is 47.5 Å². The lowest BCUT2D eigenvalue weighted by Crippen LogP contribution is -2.40. The van der Waals surface area contributed by atoms with Crippen molar-refractivity contribution in [2.45, 2.75) is 38.4 Å². The van der Waals surface area contributed by atoms with E-state index in [0.717, 1.165) is 6.07 Å². The number of carbonyl (C=O) groups is 1. The lowest BCUT2D eigenvalue weighted by atomic mass is 9.99. The highest BCUT2D eigenvalue weighted by molar-refractivity contribution is 5.85. The number of nitrogens with one attached hydrogen (secondary N) is 1. The topological polar surface area (TPSA) is 145 Å². The van der Waals surface area contributed by atoms with Crippen LogP contribution < -0.4 is 11.2 Å².